The first kappa shape index (κ1) is 13.5. The third kappa shape index (κ3) is 3.16. The van der Waals surface area contributed by atoms with Gasteiger partial charge in [-0.2, -0.15) is 15.0 Å². The highest BCUT2D eigenvalue weighted by molar-refractivity contribution is 7.09. The van der Waals surface area contributed by atoms with E-state index < -0.39 is 0 Å². The van der Waals surface area contributed by atoms with Crippen molar-refractivity contribution in [2.24, 2.45) is 0 Å². The van der Waals surface area contributed by atoms with E-state index in [0.717, 1.165) is 23.8 Å². The topological polar surface area (TPSA) is 66.8 Å². The zero-order valence-corrected chi connectivity index (χ0v) is 12.7. The van der Waals surface area contributed by atoms with E-state index in [4.69, 9.17) is 11.6 Å². The molecule has 0 spiro atoms. The summed E-state index contributed by atoms with van der Waals surface area (Å²) < 4.78 is 0. The lowest BCUT2D eigenvalue weighted by Crippen LogP contribution is -2.21. The van der Waals surface area contributed by atoms with Crippen molar-refractivity contribution in [3.05, 3.63) is 21.4 Å². The first-order chi connectivity index (χ1) is 9.70. The number of hydrogen-bond acceptors (Lipinski definition) is 7. The van der Waals surface area contributed by atoms with Crippen LogP contribution < -0.4 is 10.2 Å². The minimum absolute atomic E-state index is 0.221. The predicted molar refractivity (Wildman–Crippen MR) is 80.5 cm³/mol. The summed E-state index contributed by atoms with van der Waals surface area (Å²) >= 11 is 7.60. The summed E-state index contributed by atoms with van der Waals surface area (Å²) in [4.78, 5) is 19.2. The molecule has 0 atom stereocenters. The van der Waals surface area contributed by atoms with Crippen LogP contribution in [0.4, 0.5) is 11.9 Å². The maximum atomic E-state index is 5.97. The van der Waals surface area contributed by atoms with Crippen molar-refractivity contribution < 1.29 is 0 Å². The summed E-state index contributed by atoms with van der Waals surface area (Å²) in [6.45, 7) is 4.53. The summed E-state index contributed by atoms with van der Waals surface area (Å²) in [5, 5.41) is 6.44. The van der Waals surface area contributed by atoms with E-state index >= 15 is 0 Å². The quantitative estimate of drug-likeness (QED) is 0.936. The fraction of sp³-hybridized carbons (Fsp3) is 0.500. The van der Waals surface area contributed by atoms with Crippen molar-refractivity contribution >= 4 is 34.8 Å². The third-order valence-electron chi connectivity index (χ3n) is 3.08. The lowest BCUT2D eigenvalue weighted by Gasteiger charge is -2.15. The zero-order valence-electron chi connectivity index (χ0n) is 11.1. The van der Waals surface area contributed by atoms with Crippen LogP contribution >= 0.6 is 22.9 Å². The average molecular weight is 311 g/mol. The van der Waals surface area contributed by atoms with Crippen molar-refractivity contribution in [1.29, 1.82) is 0 Å². The minimum atomic E-state index is 0.221. The number of aromatic nitrogens is 4. The fourth-order valence-electron chi connectivity index (χ4n) is 2.14. The molecule has 3 rings (SSSR count). The number of nitrogens with one attached hydrogen (secondary N) is 1. The second kappa shape index (κ2) is 5.88. The highest BCUT2D eigenvalue weighted by Gasteiger charge is 2.16. The Morgan fingerprint density at radius 1 is 1.25 bits per heavy atom. The number of aryl methyl sites for hydroxylation is 1. The van der Waals surface area contributed by atoms with Crippen LogP contribution in [0.2, 0.25) is 5.28 Å². The Bertz CT molecular complexity index is 595. The van der Waals surface area contributed by atoms with Gasteiger partial charge in [0.15, 0.2) is 0 Å². The van der Waals surface area contributed by atoms with Gasteiger partial charge in [0, 0.05) is 18.5 Å². The molecule has 1 aliphatic heterocycles. The molecule has 1 aliphatic rings. The first-order valence-electron chi connectivity index (χ1n) is 6.52. The molecule has 3 heterocycles. The van der Waals surface area contributed by atoms with Crippen LogP contribution in [0.15, 0.2) is 5.38 Å². The smallest absolute Gasteiger partial charge is 0.231 e. The van der Waals surface area contributed by atoms with Gasteiger partial charge in [-0.25, -0.2) is 4.98 Å². The predicted octanol–water partition coefficient (Wildman–Crippen LogP) is 2.50. The average Bonchev–Trinajstić information content (AvgIpc) is 3.07. The van der Waals surface area contributed by atoms with Crippen LogP contribution in [-0.4, -0.2) is 33.0 Å². The van der Waals surface area contributed by atoms with E-state index in [0.29, 0.717) is 18.4 Å². The monoisotopic (exact) mass is 310 g/mol. The summed E-state index contributed by atoms with van der Waals surface area (Å²) in [5.41, 5.74) is 0.978. The minimum Gasteiger partial charge on any atom is -0.348 e. The van der Waals surface area contributed by atoms with Gasteiger partial charge in [-0.15, -0.1) is 11.3 Å². The van der Waals surface area contributed by atoms with Gasteiger partial charge in [0.25, 0.3) is 0 Å². The third-order valence-corrected chi connectivity index (χ3v) is 4.07. The summed E-state index contributed by atoms with van der Waals surface area (Å²) in [7, 11) is 0. The number of halogens is 1. The lowest BCUT2D eigenvalue weighted by molar-refractivity contribution is 0.874. The molecule has 1 fully saturated rings. The van der Waals surface area contributed by atoms with Crippen molar-refractivity contribution in [3.63, 3.8) is 0 Å². The lowest BCUT2D eigenvalue weighted by atomic mass is 10.4. The first-order valence-corrected chi connectivity index (χ1v) is 7.78. The Morgan fingerprint density at radius 2 is 2.05 bits per heavy atom. The Hall–Kier alpha value is -1.47. The van der Waals surface area contributed by atoms with Crippen LogP contribution in [0.5, 0.6) is 0 Å². The van der Waals surface area contributed by atoms with E-state index in [9.17, 15) is 0 Å². The molecule has 106 valence electrons. The summed E-state index contributed by atoms with van der Waals surface area (Å²) in [6, 6.07) is 0. The van der Waals surface area contributed by atoms with Crippen molar-refractivity contribution in [3.8, 4) is 0 Å². The highest BCUT2D eigenvalue weighted by atomic mass is 35.5. The Morgan fingerprint density at radius 3 is 2.75 bits per heavy atom. The molecule has 1 N–H and O–H groups in total. The molecular weight excluding hydrogens is 296 g/mol. The Balaban J connectivity index is 1.72. The number of hydrogen-bond donors (Lipinski definition) is 1. The molecule has 0 aromatic carbocycles. The summed E-state index contributed by atoms with van der Waals surface area (Å²) in [5.74, 6) is 1.15. The van der Waals surface area contributed by atoms with Crippen molar-refractivity contribution in [2.45, 2.75) is 26.3 Å². The van der Waals surface area contributed by atoms with Crippen LogP contribution in [0.3, 0.4) is 0 Å². The van der Waals surface area contributed by atoms with Gasteiger partial charge in [-0.3, -0.25) is 0 Å². The SMILES string of the molecule is Cc1nc(CNc2nc(Cl)nc(N3CCCC3)n2)cs1. The standard InChI is InChI=1S/C12H15ClN6S/c1-8-15-9(7-20-8)6-14-11-16-10(13)17-12(18-11)19-4-2-3-5-19/h7H,2-6H2,1H3,(H,14,16,17,18). The molecule has 2 aromatic heterocycles. The van der Waals surface area contributed by atoms with Crippen LogP contribution in [-0.2, 0) is 6.54 Å². The second-order valence-corrected chi connectivity index (χ2v) is 6.03. The van der Waals surface area contributed by atoms with Gasteiger partial charge in [-0.1, -0.05) is 0 Å². The van der Waals surface area contributed by atoms with Gasteiger partial charge in [0.1, 0.15) is 0 Å². The fourth-order valence-corrected chi connectivity index (χ4v) is 2.90. The molecule has 2 aromatic rings. The second-order valence-electron chi connectivity index (χ2n) is 4.63. The van der Waals surface area contributed by atoms with E-state index in [1.54, 1.807) is 11.3 Å². The number of nitrogens with zero attached hydrogens (tertiary/aromatic N) is 5. The highest BCUT2D eigenvalue weighted by Crippen LogP contribution is 2.19. The van der Waals surface area contributed by atoms with E-state index in [-0.39, 0.29) is 5.28 Å². The Labute approximate surface area is 126 Å². The van der Waals surface area contributed by atoms with Gasteiger partial charge in [0.05, 0.1) is 17.2 Å². The molecule has 0 amide bonds. The number of anilines is 2. The van der Waals surface area contributed by atoms with Crippen LogP contribution in [0.1, 0.15) is 23.5 Å². The largest absolute Gasteiger partial charge is 0.348 e. The molecule has 0 bridgehead atoms. The maximum absolute atomic E-state index is 5.97. The molecule has 0 unspecified atom stereocenters. The number of rotatable bonds is 4. The van der Waals surface area contributed by atoms with E-state index in [1.807, 2.05) is 12.3 Å². The van der Waals surface area contributed by atoms with E-state index in [2.05, 4.69) is 30.2 Å². The molecule has 0 radical (unpaired) electrons. The summed E-state index contributed by atoms with van der Waals surface area (Å²) in [6.07, 6.45) is 2.34. The van der Waals surface area contributed by atoms with Gasteiger partial charge >= 0.3 is 0 Å². The molecule has 0 saturated carbocycles. The molecule has 1 saturated heterocycles. The van der Waals surface area contributed by atoms with Gasteiger partial charge in [-0.05, 0) is 31.4 Å². The molecule has 20 heavy (non-hydrogen) atoms. The van der Waals surface area contributed by atoms with Gasteiger partial charge in [0.2, 0.25) is 17.2 Å². The van der Waals surface area contributed by atoms with Crippen molar-refractivity contribution in [2.75, 3.05) is 23.3 Å². The van der Waals surface area contributed by atoms with Crippen molar-refractivity contribution in [1.82, 2.24) is 19.9 Å². The number of thiazole rings is 1. The Kier molecular flexibility index (Phi) is 3.98. The molecule has 8 heteroatoms. The molecular formula is C12H15ClN6S. The maximum Gasteiger partial charge on any atom is 0.231 e. The van der Waals surface area contributed by atoms with Crippen LogP contribution in [0.25, 0.3) is 0 Å². The normalized spacial score (nSPS) is 14.8. The molecule has 0 aliphatic carbocycles. The van der Waals surface area contributed by atoms with Crippen LogP contribution in [0, 0.1) is 6.92 Å². The van der Waals surface area contributed by atoms with E-state index in [1.165, 1.54) is 12.8 Å². The van der Waals surface area contributed by atoms with Gasteiger partial charge < -0.3 is 10.2 Å². The zero-order chi connectivity index (χ0) is 13.9. The molecule has 6 nitrogen and oxygen atoms in total.